The highest BCUT2D eigenvalue weighted by molar-refractivity contribution is 5.34. The van der Waals surface area contributed by atoms with Crippen LogP contribution in [0.4, 0.5) is 17.6 Å². The number of hydrogen-bond acceptors (Lipinski definition) is 2. The van der Waals surface area contributed by atoms with Crippen LogP contribution in [0.3, 0.4) is 0 Å². The maximum absolute atomic E-state index is 13.2. The van der Waals surface area contributed by atoms with Crippen molar-refractivity contribution in [3.05, 3.63) is 65.7 Å². The Balaban J connectivity index is 2.63. The zero-order valence-corrected chi connectivity index (χ0v) is 9.53. The van der Waals surface area contributed by atoms with Crippen molar-refractivity contribution in [3.63, 3.8) is 0 Å². The molecule has 2 nitrogen and oxygen atoms in total. The molecule has 19 heavy (non-hydrogen) atoms. The largest absolute Gasteiger partial charge is 0.427 e. The third kappa shape index (κ3) is 2.31. The number of hydrogen-bond donors (Lipinski definition) is 1. The molecular weight excluding hydrogens is 262 g/mol. The fourth-order valence-corrected chi connectivity index (χ4v) is 1.72. The van der Waals surface area contributed by atoms with Crippen molar-refractivity contribution in [3.8, 4) is 0 Å². The van der Waals surface area contributed by atoms with E-state index in [4.69, 9.17) is 0 Å². The topological polar surface area (TPSA) is 33.1 Å². The Morgan fingerprint density at radius 3 is 2.05 bits per heavy atom. The molecule has 0 saturated heterocycles. The Kier molecular flexibility index (Phi) is 3.28. The first-order valence-electron chi connectivity index (χ1n) is 5.32. The first kappa shape index (κ1) is 13.5. The summed E-state index contributed by atoms with van der Waals surface area (Å²) in [7, 11) is 0. The van der Waals surface area contributed by atoms with Crippen molar-refractivity contribution in [2.75, 3.05) is 0 Å². The Morgan fingerprint density at radius 2 is 1.58 bits per heavy atom. The first-order chi connectivity index (χ1) is 8.85. The van der Waals surface area contributed by atoms with Gasteiger partial charge in [-0.3, -0.25) is 4.98 Å². The summed E-state index contributed by atoms with van der Waals surface area (Å²) in [5.74, 6) is -0.686. The van der Waals surface area contributed by atoms with E-state index in [9.17, 15) is 22.7 Å². The van der Waals surface area contributed by atoms with E-state index in [1.165, 1.54) is 12.1 Å². The summed E-state index contributed by atoms with van der Waals surface area (Å²) in [5, 5.41) is 10.1. The van der Waals surface area contributed by atoms with Gasteiger partial charge in [0.2, 0.25) is 5.60 Å². The number of rotatable bonds is 2. The van der Waals surface area contributed by atoms with Crippen LogP contribution in [0.1, 0.15) is 11.3 Å². The monoisotopic (exact) mass is 271 g/mol. The van der Waals surface area contributed by atoms with Gasteiger partial charge in [0.05, 0.1) is 5.69 Å². The van der Waals surface area contributed by atoms with Crippen LogP contribution in [-0.2, 0) is 5.60 Å². The van der Waals surface area contributed by atoms with E-state index >= 15 is 0 Å². The molecule has 0 spiro atoms. The molecule has 0 radical (unpaired) electrons. The quantitative estimate of drug-likeness (QED) is 0.852. The predicted octanol–water partition coefficient (Wildman–Crippen LogP) is 3.02. The highest BCUT2D eigenvalue weighted by Gasteiger charge is 2.57. The molecule has 1 N–H and O–H groups in total. The summed E-state index contributed by atoms with van der Waals surface area (Å²) in [6.07, 6.45) is -3.82. The molecule has 0 aliphatic rings. The molecular formula is C13H9F4NO. The maximum Gasteiger partial charge on any atom is 0.427 e. The van der Waals surface area contributed by atoms with Crippen LogP contribution in [-0.4, -0.2) is 16.3 Å². The summed E-state index contributed by atoms with van der Waals surface area (Å²) in [6.45, 7) is 0. The van der Waals surface area contributed by atoms with E-state index in [0.29, 0.717) is 0 Å². The van der Waals surface area contributed by atoms with Gasteiger partial charge < -0.3 is 5.11 Å². The summed E-state index contributed by atoms with van der Waals surface area (Å²) in [6, 6.07) is 7.32. The smallest absolute Gasteiger partial charge is 0.371 e. The van der Waals surface area contributed by atoms with Crippen LogP contribution in [0.5, 0.6) is 0 Å². The van der Waals surface area contributed by atoms with Gasteiger partial charge in [0.1, 0.15) is 5.82 Å². The zero-order chi connectivity index (χ0) is 14.1. The number of nitrogens with zero attached hydrogens (tertiary/aromatic N) is 1. The molecule has 1 aromatic carbocycles. The fraction of sp³-hybridized carbons (Fsp3) is 0.154. The normalized spacial score (nSPS) is 15.0. The third-order valence-electron chi connectivity index (χ3n) is 2.71. The van der Waals surface area contributed by atoms with E-state index in [-0.39, 0.29) is 0 Å². The molecule has 1 heterocycles. The van der Waals surface area contributed by atoms with Crippen LogP contribution in [0.2, 0.25) is 0 Å². The molecule has 1 unspecified atom stereocenters. The van der Waals surface area contributed by atoms with E-state index in [1.54, 1.807) is 0 Å². The SMILES string of the molecule is OC(c1ccc(F)cc1)(c1ccccn1)C(F)(F)F. The average Bonchev–Trinajstić information content (AvgIpc) is 2.38. The minimum absolute atomic E-state index is 0.486. The van der Waals surface area contributed by atoms with Gasteiger partial charge in [-0.15, -0.1) is 0 Å². The molecule has 0 fully saturated rings. The van der Waals surface area contributed by atoms with Gasteiger partial charge in [-0.1, -0.05) is 18.2 Å². The molecule has 2 rings (SSSR count). The molecule has 1 aromatic heterocycles. The molecule has 0 bridgehead atoms. The lowest BCUT2D eigenvalue weighted by Crippen LogP contribution is -2.44. The number of pyridine rings is 1. The summed E-state index contributed by atoms with van der Waals surface area (Å²) in [5.41, 5.74) is -4.31. The van der Waals surface area contributed by atoms with Gasteiger partial charge in [0.15, 0.2) is 0 Å². The van der Waals surface area contributed by atoms with Crippen LogP contribution in [0.15, 0.2) is 48.7 Å². The van der Waals surface area contributed by atoms with Crippen LogP contribution >= 0.6 is 0 Å². The zero-order valence-electron chi connectivity index (χ0n) is 9.53. The van der Waals surface area contributed by atoms with E-state index in [1.807, 2.05) is 0 Å². The Hall–Kier alpha value is -1.95. The van der Waals surface area contributed by atoms with E-state index in [2.05, 4.69) is 4.98 Å². The van der Waals surface area contributed by atoms with Gasteiger partial charge in [0, 0.05) is 6.20 Å². The Morgan fingerprint density at radius 1 is 0.947 bits per heavy atom. The number of alkyl halides is 3. The summed E-state index contributed by atoms with van der Waals surface area (Å²) in [4.78, 5) is 3.55. The third-order valence-corrected chi connectivity index (χ3v) is 2.71. The molecule has 6 heteroatoms. The number of aromatic nitrogens is 1. The van der Waals surface area contributed by atoms with Gasteiger partial charge in [-0.05, 0) is 29.8 Å². The minimum Gasteiger partial charge on any atom is -0.371 e. The second kappa shape index (κ2) is 4.62. The van der Waals surface area contributed by atoms with Crippen molar-refractivity contribution in [2.45, 2.75) is 11.8 Å². The second-order valence-electron chi connectivity index (χ2n) is 3.93. The van der Waals surface area contributed by atoms with Gasteiger partial charge in [0.25, 0.3) is 0 Å². The van der Waals surface area contributed by atoms with Crippen molar-refractivity contribution in [1.29, 1.82) is 0 Å². The molecule has 100 valence electrons. The maximum atomic E-state index is 13.2. The number of halogens is 4. The molecule has 0 aliphatic carbocycles. The Labute approximate surface area is 106 Å². The highest BCUT2D eigenvalue weighted by atomic mass is 19.4. The highest BCUT2D eigenvalue weighted by Crippen LogP contribution is 2.43. The average molecular weight is 271 g/mol. The van der Waals surface area contributed by atoms with E-state index < -0.39 is 28.9 Å². The van der Waals surface area contributed by atoms with Crippen molar-refractivity contribution < 1.29 is 22.7 Å². The van der Waals surface area contributed by atoms with Crippen molar-refractivity contribution >= 4 is 0 Å². The van der Waals surface area contributed by atoms with E-state index in [0.717, 1.165) is 36.5 Å². The molecule has 0 amide bonds. The minimum atomic E-state index is -4.97. The van der Waals surface area contributed by atoms with Crippen molar-refractivity contribution in [2.24, 2.45) is 0 Å². The molecule has 0 aliphatic heterocycles. The lowest BCUT2D eigenvalue weighted by molar-refractivity contribution is -0.249. The van der Waals surface area contributed by atoms with Crippen molar-refractivity contribution in [1.82, 2.24) is 4.98 Å². The fourth-order valence-electron chi connectivity index (χ4n) is 1.72. The van der Waals surface area contributed by atoms with Gasteiger partial charge >= 0.3 is 6.18 Å². The standard InChI is InChI=1S/C13H9F4NO/c14-10-6-4-9(5-7-10)12(19,13(15,16)17)11-3-1-2-8-18-11/h1-8,19H. The van der Waals surface area contributed by atoms with Crippen LogP contribution < -0.4 is 0 Å². The summed E-state index contributed by atoms with van der Waals surface area (Å²) < 4.78 is 52.4. The lowest BCUT2D eigenvalue weighted by Gasteiger charge is -2.30. The number of benzene rings is 1. The predicted molar refractivity (Wildman–Crippen MR) is 59.7 cm³/mol. The second-order valence-corrected chi connectivity index (χ2v) is 3.93. The molecule has 0 saturated carbocycles. The molecule has 2 aromatic rings. The lowest BCUT2D eigenvalue weighted by atomic mass is 9.89. The van der Waals surface area contributed by atoms with Crippen LogP contribution in [0, 0.1) is 5.82 Å². The van der Waals surface area contributed by atoms with Gasteiger partial charge in [-0.25, -0.2) is 4.39 Å². The summed E-state index contributed by atoms with van der Waals surface area (Å²) >= 11 is 0. The van der Waals surface area contributed by atoms with Gasteiger partial charge in [-0.2, -0.15) is 13.2 Å². The Bertz CT molecular complexity index is 553. The molecule has 1 atom stereocenters. The first-order valence-corrected chi connectivity index (χ1v) is 5.32. The van der Waals surface area contributed by atoms with Crippen LogP contribution in [0.25, 0.3) is 0 Å². The number of aliphatic hydroxyl groups is 1.